The molecule has 0 amide bonds. The average Bonchev–Trinajstić information content (AvgIpc) is 2.58. The van der Waals surface area contributed by atoms with Gasteiger partial charge in [0.15, 0.2) is 5.78 Å². The Kier molecular flexibility index (Phi) is 4.78. The van der Waals surface area contributed by atoms with Gasteiger partial charge in [-0.25, -0.2) is 4.79 Å². The van der Waals surface area contributed by atoms with E-state index in [0.717, 1.165) is 40.9 Å². The van der Waals surface area contributed by atoms with Crippen LogP contribution in [-0.4, -0.2) is 18.4 Å². The van der Waals surface area contributed by atoms with E-state index in [2.05, 4.69) is 5.32 Å². The molecule has 138 valence electrons. The molecule has 0 aromatic heterocycles. The number of hydrogen-bond donors (Lipinski definition) is 1. The molecule has 0 radical (unpaired) electrons. The Hall–Kier alpha value is -2.36. The summed E-state index contributed by atoms with van der Waals surface area (Å²) in [5.74, 6) is -0.616. The molecule has 4 heteroatoms. The van der Waals surface area contributed by atoms with Crippen molar-refractivity contribution in [1.29, 1.82) is 0 Å². The molecule has 1 unspecified atom stereocenters. The van der Waals surface area contributed by atoms with Crippen LogP contribution in [0.3, 0.4) is 0 Å². The molecule has 1 aliphatic heterocycles. The van der Waals surface area contributed by atoms with Crippen LogP contribution in [0.4, 0.5) is 0 Å². The maximum absolute atomic E-state index is 13.3. The van der Waals surface area contributed by atoms with E-state index < -0.39 is 5.41 Å². The van der Waals surface area contributed by atoms with Crippen LogP contribution in [0.1, 0.15) is 57.6 Å². The van der Waals surface area contributed by atoms with Crippen LogP contribution in [0.5, 0.6) is 0 Å². The van der Waals surface area contributed by atoms with Gasteiger partial charge in [0, 0.05) is 28.3 Å². The predicted molar refractivity (Wildman–Crippen MR) is 101 cm³/mol. The number of dihydropyridines is 1. The first-order valence-electron chi connectivity index (χ1n) is 9.25. The molecule has 1 aromatic rings. The Morgan fingerprint density at radius 3 is 2.50 bits per heavy atom. The van der Waals surface area contributed by atoms with Crippen LogP contribution in [0.2, 0.25) is 0 Å². The number of rotatable bonds is 3. The van der Waals surface area contributed by atoms with E-state index >= 15 is 0 Å². The highest BCUT2D eigenvalue weighted by molar-refractivity contribution is 6.06. The quantitative estimate of drug-likeness (QED) is 0.829. The lowest BCUT2D eigenvalue weighted by atomic mass is 9.67. The van der Waals surface area contributed by atoms with Gasteiger partial charge in [0.25, 0.3) is 0 Å². The van der Waals surface area contributed by atoms with Crippen molar-refractivity contribution < 1.29 is 14.3 Å². The van der Waals surface area contributed by atoms with E-state index in [9.17, 15) is 9.59 Å². The first kappa shape index (κ1) is 18.4. The molecule has 1 N–H and O–H groups in total. The van der Waals surface area contributed by atoms with E-state index in [0.29, 0.717) is 12.2 Å². The van der Waals surface area contributed by atoms with Crippen molar-refractivity contribution in [3.05, 3.63) is 57.9 Å². The summed E-state index contributed by atoms with van der Waals surface area (Å²) >= 11 is 0. The molecule has 0 spiro atoms. The third-order valence-electron chi connectivity index (χ3n) is 5.41. The summed E-state index contributed by atoms with van der Waals surface area (Å²) in [5, 5.41) is 3.32. The fourth-order valence-electron chi connectivity index (χ4n) is 3.85. The average molecular weight is 353 g/mol. The Bertz CT molecular complexity index is 812. The molecule has 3 rings (SSSR count). The van der Waals surface area contributed by atoms with Gasteiger partial charge in [-0.3, -0.25) is 4.79 Å². The summed E-state index contributed by atoms with van der Waals surface area (Å²) in [6, 6.07) is 8.07. The molecule has 0 saturated heterocycles. The predicted octanol–water partition coefficient (Wildman–Crippen LogP) is 4.16. The smallest absolute Gasteiger partial charge is 0.336 e. The minimum absolute atomic E-state index is 0.117. The minimum Gasteiger partial charge on any atom is -0.463 e. The zero-order chi connectivity index (χ0) is 19.1. The van der Waals surface area contributed by atoms with Crippen LogP contribution in [0.25, 0.3) is 0 Å². The Labute approximate surface area is 155 Å². The van der Waals surface area contributed by atoms with Gasteiger partial charge >= 0.3 is 5.97 Å². The van der Waals surface area contributed by atoms with Crippen molar-refractivity contribution in [3.63, 3.8) is 0 Å². The summed E-state index contributed by atoms with van der Waals surface area (Å²) in [6.45, 7) is 9.99. The van der Waals surface area contributed by atoms with E-state index in [1.165, 1.54) is 0 Å². The topological polar surface area (TPSA) is 55.4 Å². The fraction of sp³-hybridized carbons (Fsp3) is 0.455. The molecular formula is C22H27NO3. The number of nitrogens with one attached hydrogen (secondary N) is 1. The van der Waals surface area contributed by atoms with E-state index in [-0.39, 0.29) is 17.7 Å². The second-order valence-corrected chi connectivity index (χ2v) is 7.83. The summed E-state index contributed by atoms with van der Waals surface area (Å²) in [6.07, 6.45) is 1.62. The largest absolute Gasteiger partial charge is 0.463 e. The lowest BCUT2D eigenvalue weighted by Gasteiger charge is -2.39. The SMILES string of the molecule is CCOC(=O)C1=C(C)NC2=C(C(=O)C(C)(C)CC2)C1c1ccc(C)cc1. The molecule has 0 fully saturated rings. The zero-order valence-corrected chi connectivity index (χ0v) is 16.2. The van der Waals surface area contributed by atoms with Crippen molar-refractivity contribution in [3.8, 4) is 0 Å². The lowest BCUT2D eigenvalue weighted by molar-refractivity contribution is -0.138. The molecule has 1 heterocycles. The van der Waals surface area contributed by atoms with E-state index in [1.54, 1.807) is 6.92 Å². The third-order valence-corrected chi connectivity index (χ3v) is 5.41. The normalized spacial score (nSPS) is 22.0. The van der Waals surface area contributed by atoms with Crippen molar-refractivity contribution in [1.82, 2.24) is 5.32 Å². The van der Waals surface area contributed by atoms with Crippen LogP contribution < -0.4 is 5.32 Å². The van der Waals surface area contributed by atoms with Gasteiger partial charge in [-0.05, 0) is 39.2 Å². The number of benzene rings is 1. The Morgan fingerprint density at radius 1 is 1.23 bits per heavy atom. The number of carbonyl (C=O) groups is 2. The highest BCUT2D eigenvalue weighted by Crippen LogP contribution is 2.46. The van der Waals surface area contributed by atoms with Crippen LogP contribution in [0.15, 0.2) is 46.8 Å². The van der Waals surface area contributed by atoms with Crippen molar-refractivity contribution in [2.75, 3.05) is 6.61 Å². The molecule has 1 aromatic carbocycles. The highest BCUT2D eigenvalue weighted by atomic mass is 16.5. The fourth-order valence-corrected chi connectivity index (χ4v) is 3.85. The van der Waals surface area contributed by atoms with Gasteiger partial charge in [-0.15, -0.1) is 0 Å². The number of aryl methyl sites for hydroxylation is 1. The number of ketones is 1. The van der Waals surface area contributed by atoms with Crippen molar-refractivity contribution >= 4 is 11.8 Å². The summed E-state index contributed by atoms with van der Waals surface area (Å²) in [5.41, 5.74) is 4.67. The number of allylic oxidation sites excluding steroid dienone is 3. The van der Waals surface area contributed by atoms with Gasteiger partial charge < -0.3 is 10.1 Å². The monoisotopic (exact) mass is 353 g/mol. The number of esters is 1. The van der Waals surface area contributed by atoms with Crippen LogP contribution >= 0.6 is 0 Å². The summed E-state index contributed by atoms with van der Waals surface area (Å²) in [7, 11) is 0. The van der Waals surface area contributed by atoms with E-state index in [4.69, 9.17) is 4.74 Å². The molecule has 26 heavy (non-hydrogen) atoms. The zero-order valence-electron chi connectivity index (χ0n) is 16.2. The Morgan fingerprint density at radius 2 is 1.88 bits per heavy atom. The standard InChI is InChI=1S/C22H27NO3/c1-6-26-21(25)17-14(3)23-16-11-12-22(4,5)20(24)19(16)18(17)15-9-7-13(2)8-10-15/h7-10,18,23H,6,11-12H2,1-5H3. The molecule has 0 saturated carbocycles. The first-order chi connectivity index (χ1) is 12.3. The highest BCUT2D eigenvalue weighted by Gasteiger charge is 2.44. The molecule has 2 aliphatic rings. The number of hydrogen-bond acceptors (Lipinski definition) is 4. The number of carbonyl (C=O) groups excluding carboxylic acids is 2. The van der Waals surface area contributed by atoms with Gasteiger partial charge in [0.05, 0.1) is 12.2 Å². The van der Waals surface area contributed by atoms with Crippen LogP contribution in [-0.2, 0) is 14.3 Å². The molecule has 0 bridgehead atoms. The molecule has 1 atom stereocenters. The van der Waals surface area contributed by atoms with Crippen molar-refractivity contribution in [2.24, 2.45) is 5.41 Å². The summed E-state index contributed by atoms with van der Waals surface area (Å²) in [4.78, 5) is 26.0. The van der Waals surface area contributed by atoms with Crippen molar-refractivity contribution in [2.45, 2.75) is 53.4 Å². The molecule has 1 aliphatic carbocycles. The maximum atomic E-state index is 13.3. The third kappa shape index (κ3) is 3.09. The number of ether oxygens (including phenoxy) is 1. The Balaban J connectivity index is 2.18. The first-order valence-corrected chi connectivity index (χ1v) is 9.25. The number of Topliss-reactive ketones (excluding diaryl/α,β-unsaturated/α-hetero) is 1. The van der Waals surface area contributed by atoms with Gasteiger partial charge in [-0.2, -0.15) is 0 Å². The van der Waals surface area contributed by atoms with Gasteiger partial charge in [0.1, 0.15) is 0 Å². The minimum atomic E-state index is -0.422. The van der Waals surface area contributed by atoms with Gasteiger partial charge in [-0.1, -0.05) is 43.7 Å². The molecule has 4 nitrogen and oxygen atoms in total. The van der Waals surface area contributed by atoms with Crippen LogP contribution in [0, 0.1) is 12.3 Å². The second-order valence-electron chi connectivity index (χ2n) is 7.83. The summed E-state index contributed by atoms with van der Waals surface area (Å²) < 4.78 is 5.32. The molecular weight excluding hydrogens is 326 g/mol. The van der Waals surface area contributed by atoms with Gasteiger partial charge in [0.2, 0.25) is 0 Å². The lowest BCUT2D eigenvalue weighted by Crippen LogP contribution is -2.40. The maximum Gasteiger partial charge on any atom is 0.336 e. The second kappa shape index (κ2) is 6.75. The van der Waals surface area contributed by atoms with E-state index in [1.807, 2.05) is 52.0 Å².